The molecule has 1 heterocycles. The van der Waals surface area contributed by atoms with E-state index in [9.17, 15) is 4.79 Å². The average Bonchev–Trinajstić information content (AvgIpc) is 2.58. The van der Waals surface area contributed by atoms with Crippen LogP contribution in [0.3, 0.4) is 0 Å². The van der Waals surface area contributed by atoms with Gasteiger partial charge in [0.1, 0.15) is 0 Å². The van der Waals surface area contributed by atoms with Gasteiger partial charge in [0, 0.05) is 15.8 Å². The van der Waals surface area contributed by atoms with Crippen molar-refractivity contribution in [2.24, 2.45) is 5.92 Å². The van der Waals surface area contributed by atoms with Crippen LogP contribution in [0.5, 0.6) is 0 Å². The third kappa shape index (κ3) is 3.82. The highest BCUT2D eigenvalue weighted by atomic mass is 79.9. The van der Waals surface area contributed by atoms with Crippen LogP contribution in [0.4, 0.5) is 0 Å². The summed E-state index contributed by atoms with van der Waals surface area (Å²) in [6.07, 6.45) is 0. The molecule has 0 aliphatic heterocycles. The number of thiophene rings is 1. The summed E-state index contributed by atoms with van der Waals surface area (Å²) >= 11 is 11.6. The molecule has 1 amide bonds. The van der Waals surface area contributed by atoms with Gasteiger partial charge in [-0.05, 0) is 50.8 Å². The lowest BCUT2D eigenvalue weighted by Crippen LogP contribution is -2.37. The minimum Gasteiger partial charge on any atom is -0.349 e. The highest BCUT2D eigenvalue weighted by molar-refractivity contribution is 9.13. The maximum Gasteiger partial charge on any atom is 0.261 e. The molecule has 1 rings (SSSR count). The van der Waals surface area contributed by atoms with Crippen LogP contribution in [0, 0.1) is 5.92 Å². The fraction of sp³-hybridized carbons (Fsp3) is 0.500. The lowest BCUT2D eigenvalue weighted by molar-refractivity contribution is 0.0935. The van der Waals surface area contributed by atoms with Crippen molar-refractivity contribution in [3.63, 3.8) is 0 Å². The Balaban J connectivity index is 2.65. The van der Waals surface area contributed by atoms with Gasteiger partial charge in [-0.25, -0.2) is 0 Å². The maximum atomic E-state index is 11.9. The second-order valence-corrected chi connectivity index (χ2v) is 7.50. The molecule has 2 atom stereocenters. The molecule has 0 saturated heterocycles. The zero-order chi connectivity index (χ0) is 12.3. The molecule has 0 bridgehead atoms. The Kier molecular flexibility index (Phi) is 5.98. The van der Waals surface area contributed by atoms with E-state index in [0.717, 1.165) is 13.6 Å². The molecule has 2 nitrogen and oxygen atoms in total. The Hall–Kier alpha value is 0.610. The van der Waals surface area contributed by atoms with E-state index in [0.29, 0.717) is 10.8 Å². The van der Waals surface area contributed by atoms with E-state index in [1.54, 1.807) is 0 Å². The molecule has 0 spiro atoms. The minimum atomic E-state index is -0.0169. The summed E-state index contributed by atoms with van der Waals surface area (Å²) in [4.78, 5) is 12.6. The topological polar surface area (TPSA) is 29.1 Å². The first kappa shape index (κ1) is 14.7. The summed E-state index contributed by atoms with van der Waals surface area (Å²) in [6.45, 7) is 4.11. The first-order chi connectivity index (χ1) is 7.45. The Morgan fingerprint density at radius 3 is 2.56 bits per heavy atom. The lowest BCUT2D eigenvalue weighted by atomic mass is 10.1. The predicted molar refractivity (Wildman–Crippen MR) is 79.6 cm³/mol. The number of nitrogens with one attached hydrogen (secondary N) is 1. The first-order valence-corrected chi connectivity index (χ1v) is 8.29. The van der Waals surface area contributed by atoms with E-state index in [4.69, 9.17) is 0 Å². The maximum absolute atomic E-state index is 11.9. The molecule has 2 unspecified atom stereocenters. The van der Waals surface area contributed by atoms with Crippen molar-refractivity contribution in [1.29, 1.82) is 0 Å². The predicted octanol–water partition coefficient (Wildman–Crippen LogP) is 4.42. The summed E-state index contributed by atoms with van der Waals surface area (Å²) < 4.78 is 1.86. The highest BCUT2D eigenvalue weighted by Crippen LogP contribution is 2.32. The van der Waals surface area contributed by atoms with Gasteiger partial charge in [0.2, 0.25) is 0 Å². The third-order valence-corrected chi connectivity index (χ3v) is 6.60. The summed E-state index contributed by atoms with van der Waals surface area (Å²) in [6, 6.07) is 1.99. The number of amides is 1. The van der Waals surface area contributed by atoms with Crippen molar-refractivity contribution in [2.75, 3.05) is 5.33 Å². The zero-order valence-electron chi connectivity index (χ0n) is 8.89. The number of alkyl halides is 1. The average molecular weight is 434 g/mol. The van der Waals surface area contributed by atoms with Gasteiger partial charge in [-0.1, -0.05) is 22.9 Å². The third-order valence-electron chi connectivity index (χ3n) is 2.32. The molecule has 0 aromatic carbocycles. The van der Waals surface area contributed by atoms with Gasteiger partial charge in [-0.2, -0.15) is 0 Å². The molecule has 90 valence electrons. The quantitative estimate of drug-likeness (QED) is 0.699. The van der Waals surface area contributed by atoms with E-state index in [1.807, 2.05) is 13.0 Å². The van der Waals surface area contributed by atoms with Crippen LogP contribution in [-0.4, -0.2) is 17.3 Å². The van der Waals surface area contributed by atoms with E-state index < -0.39 is 0 Å². The molecular weight excluding hydrogens is 422 g/mol. The normalized spacial score (nSPS) is 14.6. The Morgan fingerprint density at radius 2 is 2.12 bits per heavy atom. The van der Waals surface area contributed by atoms with Crippen LogP contribution in [0.25, 0.3) is 0 Å². The van der Waals surface area contributed by atoms with Crippen LogP contribution >= 0.6 is 59.1 Å². The minimum absolute atomic E-state index is 0.0169. The van der Waals surface area contributed by atoms with E-state index in [1.165, 1.54) is 11.3 Å². The summed E-state index contributed by atoms with van der Waals surface area (Å²) in [7, 11) is 0. The Bertz CT molecular complexity index is 361. The van der Waals surface area contributed by atoms with Crippen molar-refractivity contribution < 1.29 is 4.79 Å². The van der Waals surface area contributed by atoms with Crippen molar-refractivity contribution in [3.8, 4) is 0 Å². The fourth-order valence-electron chi connectivity index (χ4n) is 1.01. The molecule has 0 aliphatic carbocycles. The first-order valence-electron chi connectivity index (χ1n) is 4.77. The van der Waals surface area contributed by atoms with Gasteiger partial charge in [0.05, 0.1) is 8.66 Å². The number of rotatable bonds is 4. The number of carbonyl (C=O) groups excluding carboxylic acids is 1. The second kappa shape index (κ2) is 6.52. The molecular formula is C10H12Br3NOS. The van der Waals surface area contributed by atoms with E-state index in [2.05, 4.69) is 60.0 Å². The van der Waals surface area contributed by atoms with Crippen LogP contribution in [0.15, 0.2) is 14.3 Å². The largest absolute Gasteiger partial charge is 0.349 e. The van der Waals surface area contributed by atoms with E-state index in [-0.39, 0.29) is 11.9 Å². The number of carbonyl (C=O) groups is 1. The van der Waals surface area contributed by atoms with Crippen molar-refractivity contribution >= 4 is 65.0 Å². The van der Waals surface area contributed by atoms with Crippen molar-refractivity contribution in [3.05, 3.63) is 19.2 Å². The van der Waals surface area contributed by atoms with Crippen molar-refractivity contribution in [1.82, 2.24) is 5.32 Å². The van der Waals surface area contributed by atoms with Gasteiger partial charge >= 0.3 is 0 Å². The second-order valence-electron chi connectivity index (χ2n) is 3.63. The molecule has 1 N–H and O–H groups in total. The van der Waals surface area contributed by atoms with Gasteiger partial charge in [0.25, 0.3) is 5.91 Å². The molecule has 16 heavy (non-hydrogen) atoms. The van der Waals surface area contributed by atoms with Gasteiger partial charge in [0.15, 0.2) is 0 Å². The summed E-state index contributed by atoms with van der Waals surface area (Å²) in [5.41, 5.74) is 0. The lowest BCUT2D eigenvalue weighted by Gasteiger charge is -2.18. The SMILES string of the molecule is CC(CBr)C(C)NC(=O)c1cc(Br)c(Br)s1. The van der Waals surface area contributed by atoms with Gasteiger partial charge in [-0.3, -0.25) is 4.79 Å². The van der Waals surface area contributed by atoms with Gasteiger partial charge < -0.3 is 5.32 Å². The van der Waals surface area contributed by atoms with Crippen molar-refractivity contribution in [2.45, 2.75) is 19.9 Å². The monoisotopic (exact) mass is 431 g/mol. The highest BCUT2D eigenvalue weighted by Gasteiger charge is 2.17. The smallest absolute Gasteiger partial charge is 0.261 e. The Labute approximate surface area is 125 Å². The van der Waals surface area contributed by atoms with Crippen LogP contribution in [-0.2, 0) is 0 Å². The fourth-order valence-corrected chi connectivity index (χ4v) is 3.51. The molecule has 0 radical (unpaired) electrons. The van der Waals surface area contributed by atoms with Crippen LogP contribution in [0.2, 0.25) is 0 Å². The number of halogens is 3. The number of hydrogen-bond donors (Lipinski definition) is 1. The van der Waals surface area contributed by atoms with Gasteiger partial charge in [-0.15, -0.1) is 11.3 Å². The molecule has 6 heteroatoms. The zero-order valence-corrected chi connectivity index (χ0v) is 14.5. The molecule has 1 aromatic heterocycles. The summed E-state index contributed by atoms with van der Waals surface area (Å²) in [5, 5.41) is 3.87. The molecule has 0 fully saturated rings. The Morgan fingerprint density at radius 1 is 1.50 bits per heavy atom. The van der Waals surface area contributed by atoms with Crippen LogP contribution in [0.1, 0.15) is 23.5 Å². The van der Waals surface area contributed by atoms with E-state index >= 15 is 0 Å². The standard InChI is InChI=1S/C10H12Br3NOS/c1-5(4-11)6(2)14-10(15)8-3-7(12)9(13)16-8/h3,5-6H,4H2,1-2H3,(H,14,15). The van der Waals surface area contributed by atoms with Crippen LogP contribution < -0.4 is 5.32 Å². The molecule has 0 saturated carbocycles. The molecule has 0 aliphatic rings. The molecule has 1 aromatic rings. The number of hydrogen-bond acceptors (Lipinski definition) is 2. The summed E-state index contributed by atoms with van der Waals surface area (Å²) in [5.74, 6) is 0.396.